The highest BCUT2D eigenvalue weighted by molar-refractivity contribution is 5.79. The first-order valence-electron chi connectivity index (χ1n) is 8.58. The molecule has 1 aromatic carbocycles. The van der Waals surface area contributed by atoms with Crippen molar-refractivity contribution in [1.29, 1.82) is 0 Å². The molecule has 4 heteroatoms. The normalized spacial score (nSPS) is 17.1. The molecule has 23 heavy (non-hydrogen) atoms. The zero-order valence-corrected chi connectivity index (χ0v) is 14.4. The Morgan fingerprint density at radius 3 is 3.09 bits per heavy atom. The topological polar surface area (TPSA) is 36.9 Å². The van der Waals surface area contributed by atoms with Crippen molar-refractivity contribution in [2.45, 2.75) is 32.1 Å². The smallest absolute Gasteiger partial charge is 0.193 e. The Morgan fingerprint density at radius 2 is 2.30 bits per heavy atom. The second-order valence-corrected chi connectivity index (χ2v) is 5.92. The van der Waals surface area contributed by atoms with Crippen LogP contribution < -0.4 is 10.1 Å². The molecule has 4 nitrogen and oxygen atoms in total. The van der Waals surface area contributed by atoms with Gasteiger partial charge in [-0.3, -0.25) is 4.99 Å². The van der Waals surface area contributed by atoms with Gasteiger partial charge in [0.05, 0.1) is 6.61 Å². The molecule has 0 radical (unpaired) electrons. The fourth-order valence-electron chi connectivity index (χ4n) is 2.85. The Labute approximate surface area is 140 Å². The maximum Gasteiger partial charge on any atom is 0.193 e. The number of para-hydroxylation sites is 1. The lowest BCUT2D eigenvalue weighted by molar-refractivity contribution is 0.268. The van der Waals surface area contributed by atoms with E-state index in [4.69, 9.17) is 9.73 Å². The molecule has 0 aromatic heterocycles. The maximum absolute atomic E-state index is 5.74. The van der Waals surface area contributed by atoms with Gasteiger partial charge in [-0.25, -0.2) is 0 Å². The van der Waals surface area contributed by atoms with Gasteiger partial charge in [0.25, 0.3) is 0 Å². The first-order valence-corrected chi connectivity index (χ1v) is 8.58. The molecule has 0 saturated heterocycles. The summed E-state index contributed by atoms with van der Waals surface area (Å²) in [5.74, 6) is 2.44. The van der Waals surface area contributed by atoms with Crippen molar-refractivity contribution < 1.29 is 4.74 Å². The van der Waals surface area contributed by atoms with Crippen LogP contribution in [0, 0.1) is 0 Å². The molecule has 126 valence electrons. The van der Waals surface area contributed by atoms with E-state index >= 15 is 0 Å². The predicted molar refractivity (Wildman–Crippen MR) is 97.3 cm³/mol. The minimum absolute atomic E-state index is 0.440. The SMILES string of the molecule is C=CCCCN(C)C(=NCC1CCOc2ccccc21)NCC. The number of allylic oxidation sites excluding steroid dienone is 1. The van der Waals surface area contributed by atoms with Gasteiger partial charge < -0.3 is 15.0 Å². The summed E-state index contributed by atoms with van der Waals surface area (Å²) in [6.07, 6.45) is 5.14. The van der Waals surface area contributed by atoms with Crippen molar-refractivity contribution in [3.63, 3.8) is 0 Å². The Morgan fingerprint density at radius 1 is 1.48 bits per heavy atom. The highest BCUT2D eigenvalue weighted by Crippen LogP contribution is 2.33. The molecule has 1 aliphatic heterocycles. The second kappa shape index (κ2) is 9.23. The van der Waals surface area contributed by atoms with Crippen LogP contribution in [0.1, 0.15) is 37.7 Å². The van der Waals surface area contributed by atoms with Crippen LogP contribution >= 0.6 is 0 Å². The zero-order valence-electron chi connectivity index (χ0n) is 14.4. The van der Waals surface area contributed by atoms with Gasteiger partial charge in [0.2, 0.25) is 0 Å². The van der Waals surface area contributed by atoms with Crippen LogP contribution in [0.5, 0.6) is 5.75 Å². The molecular formula is C19H29N3O. The third kappa shape index (κ3) is 5.02. The molecule has 0 aliphatic carbocycles. The van der Waals surface area contributed by atoms with E-state index in [-0.39, 0.29) is 0 Å². The van der Waals surface area contributed by atoms with Gasteiger partial charge in [-0.15, -0.1) is 6.58 Å². The van der Waals surface area contributed by atoms with E-state index in [0.29, 0.717) is 5.92 Å². The molecule has 1 unspecified atom stereocenters. The Bertz CT molecular complexity index is 527. The lowest BCUT2D eigenvalue weighted by Crippen LogP contribution is -2.39. The second-order valence-electron chi connectivity index (χ2n) is 5.92. The van der Waals surface area contributed by atoms with Crippen LogP contribution in [0.2, 0.25) is 0 Å². The van der Waals surface area contributed by atoms with Crippen LogP contribution in [0.4, 0.5) is 0 Å². The average molecular weight is 315 g/mol. The number of nitrogens with one attached hydrogen (secondary N) is 1. The molecule has 0 fully saturated rings. The fraction of sp³-hybridized carbons (Fsp3) is 0.526. The minimum atomic E-state index is 0.440. The van der Waals surface area contributed by atoms with Crippen LogP contribution in [0.15, 0.2) is 41.9 Å². The number of aliphatic imine (C=N–C) groups is 1. The van der Waals surface area contributed by atoms with E-state index in [0.717, 1.165) is 57.2 Å². The number of hydrogen-bond donors (Lipinski definition) is 1. The number of hydrogen-bond acceptors (Lipinski definition) is 2. The quantitative estimate of drug-likeness (QED) is 0.362. The summed E-state index contributed by atoms with van der Waals surface area (Å²) in [6.45, 7) is 9.34. The van der Waals surface area contributed by atoms with E-state index in [1.165, 1.54) is 5.56 Å². The molecular weight excluding hydrogens is 286 g/mol. The summed E-state index contributed by atoms with van der Waals surface area (Å²) in [7, 11) is 2.10. The number of nitrogens with zero attached hydrogens (tertiary/aromatic N) is 2. The first-order chi connectivity index (χ1) is 11.3. The molecule has 1 atom stereocenters. The maximum atomic E-state index is 5.74. The molecule has 1 heterocycles. The van der Waals surface area contributed by atoms with Gasteiger partial charge in [0, 0.05) is 32.6 Å². The highest BCUT2D eigenvalue weighted by Gasteiger charge is 2.21. The number of unbranched alkanes of at least 4 members (excludes halogenated alkanes) is 1. The monoisotopic (exact) mass is 315 g/mol. The summed E-state index contributed by atoms with van der Waals surface area (Å²) >= 11 is 0. The van der Waals surface area contributed by atoms with Crippen molar-refractivity contribution in [2.24, 2.45) is 4.99 Å². The van der Waals surface area contributed by atoms with Crippen LogP contribution in [0.25, 0.3) is 0 Å². The summed E-state index contributed by atoms with van der Waals surface area (Å²) in [4.78, 5) is 7.07. The summed E-state index contributed by atoms with van der Waals surface area (Å²) in [6, 6.07) is 8.33. The number of fused-ring (bicyclic) bond motifs is 1. The molecule has 0 spiro atoms. The molecule has 1 aliphatic rings. The lowest BCUT2D eigenvalue weighted by atomic mass is 9.93. The summed E-state index contributed by atoms with van der Waals surface area (Å²) in [5.41, 5.74) is 1.28. The number of benzene rings is 1. The fourth-order valence-corrected chi connectivity index (χ4v) is 2.85. The Balaban J connectivity index is 2.01. The number of guanidine groups is 1. The minimum Gasteiger partial charge on any atom is -0.493 e. The van der Waals surface area contributed by atoms with Gasteiger partial charge >= 0.3 is 0 Å². The van der Waals surface area contributed by atoms with Gasteiger partial charge in [0.1, 0.15) is 5.75 Å². The molecule has 0 saturated carbocycles. The zero-order chi connectivity index (χ0) is 16.5. The summed E-state index contributed by atoms with van der Waals surface area (Å²) < 4.78 is 5.74. The van der Waals surface area contributed by atoms with Crippen LogP contribution in [0.3, 0.4) is 0 Å². The molecule has 2 rings (SSSR count). The average Bonchev–Trinajstić information content (AvgIpc) is 2.58. The molecule has 0 amide bonds. The predicted octanol–water partition coefficient (Wildman–Crippen LogP) is 3.42. The van der Waals surface area contributed by atoms with Gasteiger partial charge in [0.15, 0.2) is 5.96 Å². The third-order valence-electron chi connectivity index (χ3n) is 4.14. The van der Waals surface area contributed by atoms with Crippen LogP contribution in [-0.4, -0.2) is 44.1 Å². The van der Waals surface area contributed by atoms with Gasteiger partial charge in [-0.2, -0.15) is 0 Å². The first kappa shape index (κ1) is 17.4. The number of ether oxygens (including phenoxy) is 1. The van der Waals surface area contributed by atoms with Crippen molar-refractivity contribution in [3.8, 4) is 5.75 Å². The van der Waals surface area contributed by atoms with E-state index in [1.807, 2.05) is 12.1 Å². The largest absolute Gasteiger partial charge is 0.493 e. The van der Waals surface area contributed by atoms with Gasteiger partial charge in [-0.05, 0) is 37.8 Å². The van der Waals surface area contributed by atoms with Gasteiger partial charge in [-0.1, -0.05) is 24.3 Å². The lowest BCUT2D eigenvalue weighted by Gasteiger charge is -2.26. The van der Waals surface area contributed by atoms with Crippen molar-refractivity contribution in [3.05, 3.63) is 42.5 Å². The highest BCUT2D eigenvalue weighted by atomic mass is 16.5. The van der Waals surface area contributed by atoms with Crippen LogP contribution in [-0.2, 0) is 0 Å². The Kier molecular flexibility index (Phi) is 6.98. The third-order valence-corrected chi connectivity index (χ3v) is 4.14. The standard InChI is InChI=1S/C19H29N3O/c1-4-6-9-13-22(3)19(20-5-2)21-15-16-12-14-23-18-11-8-7-10-17(16)18/h4,7-8,10-11,16H,1,5-6,9,12-15H2,2-3H3,(H,20,21). The molecule has 1 N–H and O–H groups in total. The molecule has 1 aromatic rings. The molecule has 0 bridgehead atoms. The van der Waals surface area contributed by atoms with Crippen molar-refractivity contribution in [1.82, 2.24) is 10.2 Å². The Hall–Kier alpha value is -1.97. The van der Waals surface area contributed by atoms with Crippen molar-refractivity contribution in [2.75, 3.05) is 33.3 Å². The number of rotatable bonds is 7. The van der Waals surface area contributed by atoms with E-state index in [2.05, 4.69) is 49.0 Å². The van der Waals surface area contributed by atoms with Crippen molar-refractivity contribution >= 4 is 5.96 Å². The van der Waals surface area contributed by atoms with E-state index in [9.17, 15) is 0 Å². The van der Waals surface area contributed by atoms with E-state index < -0.39 is 0 Å². The summed E-state index contributed by atoms with van der Waals surface area (Å²) in [5, 5.41) is 3.39. The van der Waals surface area contributed by atoms with E-state index in [1.54, 1.807) is 0 Å².